The molecule has 38 heavy (non-hydrogen) atoms. The summed E-state index contributed by atoms with van der Waals surface area (Å²) in [7, 11) is 0. The van der Waals surface area contributed by atoms with Crippen LogP contribution in [0.25, 0.3) is 22.3 Å². The van der Waals surface area contributed by atoms with Gasteiger partial charge in [-0.2, -0.15) is 10.5 Å². The van der Waals surface area contributed by atoms with E-state index in [0.717, 1.165) is 36.5 Å². The summed E-state index contributed by atoms with van der Waals surface area (Å²) < 4.78 is 8.73. The van der Waals surface area contributed by atoms with Gasteiger partial charge in [-0.25, -0.2) is 0 Å². The lowest BCUT2D eigenvalue weighted by Gasteiger charge is -2.19. The summed E-state index contributed by atoms with van der Waals surface area (Å²) in [6.07, 6.45) is 0. The van der Waals surface area contributed by atoms with E-state index in [-0.39, 0.29) is 5.92 Å². The zero-order chi connectivity index (χ0) is 27.9. The zero-order valence-corrected chi connectivity index (χ0v) is 36.4. The van der Waals surface area contributed by atoms with E-state index in [1.807, 2.05) is 0 Å². The van der Waals surface area contributed by atoms with Crippen LogP contribution in [0.3, 0.4) is 0 Å². The number of nitriles is 2. The Morgan fingerprint density at radius 2 is 0.737 bits per heavy atom. The van der Waals surface area contributed by atoms with Crippen LogP contribution in [0, 0.1) is 51.2 Å². The van der Waals surface area contributed by atoms with Gasteiger partial charge in [-0.3, -0.25) is 0 Å². The molecule has 0 aliphatic rings. The van der Waals surface area contributed by atoms with E-state index >= 15 is 0 Å². The fourth-order valence-electron chi connectivity index (χ4n) is 4.08. The van der Waals surface area contributed by atoms with Crippen molar-refractivity contribution in [3.8, 4) is 34.4 Å². The van der Waals surface area contributed by atoms with E-state index in [1.54, 1.807) is 0 Å². The van der Waals surface area contributed by atoms with Gasteiger partial charge in [0, 0.05) is 45.6 Å². The molecule has 0 aromatic heterocycles. The average Bonchev–Trinajstić information content (AvgIpc) is 2.82. The summed E-state index contributed by atoms with van der Waals surface area (Å²) in [5.41, 5.74) is 8.76. The molecule has 0 fully saturated rings. The summed E-state index contributed by atoms with van der Waals surface area (Å²) in [4.78, 5) is 0. The van der Waals surface area contributed by atoms with Gasteiger partial charge in [0.25, 0.3) is 0 Å². The van der Waals surface area contributed by atoms with Crippen molar-refractivity contribution in [3.63, 3.8) is 0 Å². The Labute approximate surface area is 331 Å². The Morgan fingerprint density at radius 3 is 0.974 bits per heavy atom. The van der Waals surface area contributed by atoms with Gasteiger partial charge >= 0.3 is 0 Å². The minimum Gasteiger partial charge on any atom is -0.192 e. The second-order valence-electron chi connectivity index (χ2n) is 8.29. The molecule has 4 rings (SSSR count). The van der Waals surface area contributed by atoms with Crippen LogP contribution in [0.15, 0.2) is 48.5 Å². The standard InChI is InChI=1S/C28H12I8N2/c1-12(13-2-23(33)27(24(34)3-13)15-6-19(29)17(10-37)20(30)7-15)14-4-25(35)28(26(36)5-14)16-8-21(31)18(11-38)22(32)9-16/h2-9,12H,1H3. The van der Waals surface area contributed by atoms with Crippen molar-refractivity contribution in [2.45, 2.75) is 12.8 Å². The first kappa shape index (κ1) is 32.6. The molecule has 0 heterocycles. The van der Waals surface area contributed by atoms with Crippen molar-refractivity contribution in [1.82, 2.24) is 0 Å². The molecule has 0 amide bonds. The lowest BCUT2D eigenvalue weighted by molar-refractivity contribution is 0.917. The normalized spacial score (nSPS) is 10.9. The first-order valence-corrected chi connectivity index (χ1v) is 19.4. The quantitative estimate of drug-likeness (QED) is 0.191. The summed E-state index contributed by atoms with van der Waals surface area (Å²) >= 11 is 18.8. The fourth-order valence-corrected chi connectivity index (χ4v) is 13.0. The topological polar surface area (TPSA) is 47.6 Å². The molecule has 0 atom stereocenters. The van der Waals surface area contributed by atoms with E-state index in [4.69, 9.17) is 0 Å². The molecular formula is C28H12I8N2. The third kappa shape index (κ3) is 6.91. The van der Waals surface area contributed by atoms with Crippen LogP contribution in [0.2, 0.25) is 0 Å². The first-order chi connectivity index (χ1) is 18.0. The fraction of sp³-hybridized carbons (Fsp3) is 0.0714. The molecule has 190 valence electrons. The molecule has 4 aromatic rings. The van der Waals surface area contributed by atoms with Crippen molar-refractivity contribution in [2.75, 3.05) is 0 Å². The van der Waals surface area contributed by atoms with Crippen molar-refractivity contribution in [2.24, 2.45) is 0 Å². The minimum atomic E-state index is 0.227. The van der Waals surface area contributed by atoms with Crippen molar-refractivity contribution in [1.29, 1.82) is 10.5 Å². The van der Waals surface area contributed by atoms with Crippen molar-refractivity contribution in [3.05, 3.63) is 99.3 Å². The molecule has 0 radical (unpaired) electrons. The van der Waals surface area contributed by atoms with Crippen LogP contribution in [0.5, 0.6) is 0 Å². The van der Waals surface area contributed by atoms with Gasteiger partial charge in [-0.15, -0.1) is 0 Å². The van der Waals surface area contributed by atoms with Gasteiger partial charge < -0.3 is 0 Å². The number of hydrogen-bond acceptors (Lipinski definition) is 2. The highest BCUT2D eigenvalue weighted by Crippen LogP contribution is 2.40. The Hall–Kier alpha value is 1.70. The number of hydrogen-bond donors (Lipinski definition) is 0. The monoisotopic (exact) mass is 1390 g/mol. The SMILES string of the molecule is CC(c1cc(I)c(-c2cc(I)c(C#N)c(I)c2)c(I)c1)c1cc(I)c(-c2cc(I)c(C#N)c(I)c2)c(I)c1. The van der Waals surface area contributed by atoms with E-state index in [2.05, 4.69) is 248 Å². The molecule has 0 N–H and O–H groups in total. The minimum absolute atomic E-state index is 0.227. The van der Waals surface area contributed by atoms with Gasteiger partial charge in [0.15, 0.2) is 0 Å². The molecule has 0 aliphatic heterocycles. The molecule has 10 heteroatoms. The number of rotatable bonds is 4. The van der Waals surface area contributed by atoms with Crippen LogP contribution in [0.4, 0.5) is 0 Å². The van der Waals surface area contributed by atoms with Crippen LogP contribution < -0.4 is 0 Å². The maximum atomic E-state index is 9.47. The summed E-state index contributed by atoms with van der Waals surface area (Å²) in [5, 5.41) is 18.9. The van der Waals surface area contributed by atoms with Gasteiger partial charge in [0.2, 0.25) is 0 Å². The Bertz CT molecular complexity index is 1480. The summed E-state index contributed by atoms with van der Waals surface area (Å²) in [6.45, 7) is 2.27. The molecule has 2 nitrogen and oxygen atoms in total. The van der Waals surface area contributed by atoms with Crippen LogP contribution in [-0.4, -0.2) is 0 Å². The third-order valence-electron chi connectivity index (χ3n) is 6.01. The Morgan fingerprint density at radius 1 is 0.474 bits per heavy atom. The second kappa shape index (κ2) is 14.0. The smallest absolute Gasteiger partial charge is 0.101 e. The predicted molar refractivity (Wildman–Crippen MR) is 222 cm³/mol. The maximum absolute atomic E-state index is 9.47. The first-order valence-electron chi connectivity index (χ1n) is 10.7. The lowest BCUT2D eigenvalue weighted by atomic mass is 9.90. The Kier molecular flexibility index (Phi) is 12.0. The molecule has 0 spiro atoms. The number of nitrogens with zero attached hydrogens (tertiary/aromatic N) is 2. The van der Waals surface area contributed by atoms with Crippen LogP contribution in [-0.2, 0) is 0 Å². The van der Waals surface area contributed by atoms with Gasteiger partial charge in [-0.1, -0.05) is 6.92 Å². The van der Waals surface area contributed by atoms with E-state index in [0.29, 0.717) is 0 Å². The van der Waals surface area contributed by atoms with Crippen molar-refractivity contribution >= 4 is 181 Å². The van der Waals surface area contributed by atoms with Crippen molar-refractivity contribution < 1.29 is 0 Å². The molecule has 0 aliphatic carbocycles. The highest BCUT2D eigenvalue weighted by atomic mass is 127. The molecule has 0 saturated carbocycles. The van der Waals surface area contributed by atoms with Gasteiger partial charge in [-0.05, 0) is 252 Å². The molecule has 0 bridgehead atoms. The van der Waals surface area contributed by atoms with E-state index in [9.17, 15) is 10.5 Å². The zero-order valence-electron chi connectivity index (χ0n) is 19.1. The van der Waals surface area contributed by atoms with Gasteiger partial charge in [0.1, 0.15) is 12.1 Å². The van der Waals surface area contributed by atoms with Gasteiger partial charge in [0.05, 0.1) is 11.1 Å². The molecule has 0 unspecified atom stereocenters. The molecule has 4 aromatic carbocycles. The maximum Gasteiger partial charge on any atom is 0.101 e. The Balaban J connectivity index is 1.74. The van der Waals surface area contributed by atoms with Crippen LogP contribution >= 0.6 is 181 Å². The highest BCUT2D eigenvalue weighted by Gasteiger charge is 2.20. The van der Waals surface area contributed by atoms with Crippen LogP contribution in [0.1, 0.15) is 35.1 Å². The lowest BCUT2D eigenvalue weighted by Crippen LogP contribution is -2.02. The predicted octanol–water partition coefficient (Wildman–Crippen LogP) is 11.8. The second-order valence-corrected chi connectivity index (χ2v) is 17.6. The number of benzene rings is 4. The van der Waals surface area contributed by atoms with E-state index < -0.39 is 0 Å². The van der Waals surface area contributed by atoms with E-state index in [1.165, 1.54) is 36.5 Å². The third-order valence-corrected chi connectivity index (χ3v) is 12.8. The average molecular weight is 1390 g/mol. The highest BCUT2D eigenvalue weighted by molar-refractivity contribution is 14.1. The largest absolute Gasteiger partial charge is 0.192 e. The molecular weight excluding hydrogens is 1380 g/mol. The summed E-state index contributed by atoms with van der Waals surface area (Å²) in [5.74, 6) is 0.227. The number of halogens is 8. The summed E-state index contributed by atoms with van der Waals surface area (Å²) in [6, 6.07) is 22.2. The molecule has 0 saturated heterocycles.